The van der Waals surface area contributed by atoms with E-state index in [0.717, 1.165) is 43.7 Å². The van der Waals surface area contributed by atoms with Gasteiger partial charge in [-0.1, -0.05) is 6.42 Å². The summed E-state index contributed by atoms with van der Waals surface area (Å²) in [6.07, 6.45) is 7.82. The van der Waals surface area contributed by atoms with Crippen molar-refractivity contribution >= 4 is 17.4 Å². The summed E-state index contributed by atoms with van der Waals surface area (Å²) < 4.78 is 0. The zero-order valence-electron chi connectivity index (χ0n) is 11.1. The van der Waals surface area contributed by atoms with Gasteiger partial charge in [0.1, 0.15) is 5.82 Å². The third kappa shape index (κ3) is 2.56. The van der Waals surface area contributed by atoms with E-state index in [2.05, 4.69) is 14.9 Å². The average Bonchev–Trinajstić information content (AvgIpc) is 2.76. The van der Waals surface area contributed by atoms with Gasteiger partial charge in [0.25, 0.3) is 0 Å². The highest BCUT2D eigenvalue weighted by Crippen LogP contribution is 2.32. The van der Waals surface area contributed by atoms with Crippen LogP contribution < -0.4 is 4.90 Å². The van der Waals surface area contributed by atoms with Crippen LogP contribution in [0.5, 0.6) is 0 Å². The Morgan fingerprint density at radius 1 is 1.16 bits per heavy atom. The molecule has 1 atom stereocenters. The van der Waals surface area contributed by atoms with E-state index in [-0.39, 0.29) is 12.6 Å². The predicted molar refractivity (Wildman–Crippen MR) is 75.8 cm³/mol. The maximum Gasteiger partial charge on any atom is 0.224 e. The van der Waals surface area contributed by atoms with E-state index in [1.165, 1.54) is 24.8 Å². The number of aryl methyl sites for hydroxylation is 1. The highest BCUT2D eigenvalue weighted by atomic mass is 35.5. The third-order valence-corrected chi connectivity index (χ3v) is 4.41. The molecule has 1 aliphatic heterocycles. The Morgan fingerprint density at radius 2 is 2.00 bits per heavy atom. The summed E-state index contributed by atoms with van der Waals surface area (Å²) in [6, 6.07) is 0.193. The van der Waals surface area contributed by atoms with Crippen LogP contribution in [0, 0.1) is 0 Å². The van der Waals surface area contributed by atoms with E-state index in [4.69, 9.17) is 11.6 Å². The fourth-order valence-electron chi connectivity index (χ4n) is 3.26. The molecule has 1 aliphatic carbocycles. The van der Waals surface area contributed by atoms with E-state index < -0.39 is 0 Å². The van der Waals surface area contributed by atoms with E-state index in [0.29, 0.717) is 5.28 Å². The number of aromatic nitrogens is 2. The number of anilines is 1. The predicted octanol–water partition coefficient (Wildman–Crippen LogP) is 2.36. The maximum atomic E-state index is 9.51. The van der Waals surface area contributed by atoms with Crippen molar-refractivity contribution in [3.63, 3.8) is 0 Å². The lowest BCUT2D eigenvalue weighted by Gasteiger charge is -2.27. The van der Waals surface area contributed by atoms with Crippen LogP contribution in [-0.4, -0.2) is 34.3 Å². The summed E-state index contributed by atoms with van der Waals surface area (Å²) in [5.74, 6) is 0.980. The SMILES string of the molecule is OCC1CCCN1c1nc(Cl)nc2c1CCCCC2. The van der Waals surface area contributed by atoms with Crippen LogP contribution in [0.15, 0.2) is 0 Å². The Balaban J connectivity index is 2.02. The summed E-state index contributed by atoms with van der Waals surface area (Å²) in [4.78, 5) is 11.1. The molecule has 1 aromatic rings. The fraction of sp³-hybridized carbons (Fsp3) is 0.714. The second-order valence-electron chi connectivity index (χ2n) is 5.47. The van der Waals surface area contributed by atoms with Crippen molar-refractivity contribution in [3.8, 4) is 0 Å². The van der Waals surface area contributed by atoms with Crippen LogP contribution in [0.25, 0.3) is 0 Å². The van der Waals surface area contributed by atoms with Crippen LogP contribution in [0.3, 0.4) is 0 Å². The van der Waals surface area contributed by atoms with Crippen molar-refractivity contribution in [2.45, 2.75) is 51.0 Å². The summed E-state index contributed by atoms with van der Waals surface area (Å²) in [6.45, 7) is 1.15. The molecule has 0 saturated carbocycles. The number of halogens is 1. The Bertz CT molecular complexity index is 466. The van der Waals surface area contributed by atoms with Crippen LogP contribution in [0.1, 0.15) is 43.4 Å². The molecule has 2 aliphatic rings. The van der Waals surface area contributed by atoms with Gasteiger partial charge in [0.2, 0.25) is 5.28 Å². The summed E-state index contributed by atoms with van der Waals surface area (Å²) in [5.41, 5.74) is 2.39. The molecule has 0 spiro atoms. The largest absolute Gasteiger partial charge is 0.394 e. The second-order valence-corrected chi connectivity index (χ2v) is 5.81. The van der Waals surface area contributed by atoms with Crippen LogP contribution in [0.2, 0.25) is 5.28 Å². The smallest absolute Gasteiger partial charge is 0.224 e. The molecule has 1 N–H and O–H groups in total. The molecular weight excluding hydrogens is 262 g/mol. The van der Waals surface area contributed by atoms with Gasteiger partial charge in [-0.3, -0.25) is 0 Å². The van der Waals surface area contributed by atoms with Crippen molar-refractivity contribution in [1.82, 2.24) is 9.97 Å². The first-order valence-electron chi connectivity index (χ1n) is 7.22. The Kier molecular flexibility index (Phi) is 3.89. The van der Waals surface area contributed by atoms with E-state index in [9.17, 15) is 5.11 Å². The first-order chi connectivity index (χ1) is 9.29. The van der Waals surface area contributed by atoms with Crippen LogP contribution >= 0.6 is 11.6 Å². The molecule has 1 fully saturated rings. The van der Waals surface area contributed by atoms with Crippen molar-refractivity contribution in [1.29, 1.82) is 0 Å². The Labute approximate surface area is 118 Å². The average molecular weight is 282 g/mol. The first kappa shape index (κ1) is 13.1. The van der Waals surface area contributed by atoms with Gasteiger partial charge in [-0.05, 0) is 50.1 Å². The molecule has 3 rings (SSSR count). The Morgan fingerprint density at radius 3 is 2.84 bits per heavy atom. The van der Waals surface area contributed by atoms with Crippen LogP contribution in [-0.2, 0) is 12.8 Å². The van der Waals surface area contributed by atoms with Gasteiger partial charge in [-0.15, -0.1) is 0 Å². The standard InChI is InChI=1S/C14H20ClN3O/c15-14-16-12-7-3-1-2-6-11(12)13(17-14)18-8-4-5-10(18)9-19/h10,19H,1-9H2. The van der Waals surface area contributed by atoms with Crippen molar-refractivity contribution in [2.24, 2.45) is 0 Å². The van der Waals surface area contributed by atoms with Gasteiger partial charge in [0.15, 0.2) is 0 Å². The number of hydrogen-bond donors (Lipinski definition) is 1. The van der Waals surface area contributed by atoms with Gasteiger partial charge in [0.05, 0.1) is 18.3 Å². The lowest BCUT2D eigenvalue weighted by atomic mass is 10.1. The molecule has 4 nitrogen and oxygen atoms in total. The molecule has 104 valence electrons. The highest BCUT2D eigenvalue weighted by Gasteiger charge is 2.29. The van der Waals surface area contributed by atoms with Crippen molar-refractivity contribution in [2.75, 3.05) is 18.1 Å². The number of fused-ring (bicyclic) bond motifs is 1. The number of nitrogens with zero attached hydrogens (tertiary/aromatic N) is 3. The molecule has 0 aromatic carbocycles. The third-order valence-electron chi connectivity index (χ3n) is 4.24. The molecule has 0 bridgehead atoms. The second kappa shape index (κ2) is 5.63. The number of aliphatic hydroxyl groups excluding tert-OH is 1. The Hall–Kier alpha value is -0.870. The first-order valence-corrected chi connectivity index (χ1v) is 7.60. The van der Waals surface area contributed by atoms with Crippen molar-refractivity contribution in [3.05, 3.63) is 16.5 Å². The van der Waals surface area contributed by atoms with E-state index in [1.54, 1.807) is 0 Å². The maximum absolute atomic E-state index is 9.51. The van der Waals surface area contributed by atoms with Crippen LogP contribution in [0.4, 0.5) is 5.82 Å². The molecule has 2 heterocycles. The normalized spacial score (nSPS) is 23.3. The topological polar surface area (TPSA) is 49.2 Å². The minimum Gasteiger partial charge on any atom is -0.394 e. The molecule has 0 amide bonds. The monoisotopic (exact) mass is 281 g/mol. The molecule has 0 radical (unpaired) electrons. The molecule has 5 heteroatoms. The fourth-order valence-corrected chi connectivity index (χ4v) is 3.45. The molecule has 19 heavy (non-hydrogen) atoms. The molecular formula is C14H20ClN3O. The summed E-state index contributed by atoms with van der Waals surface area (Å²) in [5, 5.41) is 9.86. The van der Waals surface area contributed by atoms with Crippen molar-refractivity contribution < 1.29 is 5.11 Å². The lowest BCUT2D eigenvalue weighted by Crippen LogP contribution is -2.34. The number of hydrogen-bond acceptors (Lipinski definition) is 4. The van der Waals surface area contributed by atoms with E-state index in [1.807, 2.05) is 0 Å². The zero-order chi connectivity index (χ0) is 13.2. The van der Waals surface area contributed by atoms with Gasteiger partial charge in [0, 0.05) is 12.1 Å². The van der Waals surface area contributed by atoms with Gasteiger partial charge >= 0.3 is 0 Å². The van der Waals surface area contributed by atoms with Gasteiger partial charge < -0.3 is 10.0 Å². The lowest BCUT2D eigenvalue weighted by molar-refractivity contribution is 0.266. The molecule has 1 unspecified atom stereocenters. The summed E-state index contributed by atoms with van der Waals surface area (Å²) >= 11 is 6.09. The molecule has 1 aromatic heterocycles. The zero-order valence-corrected chi connectivity index (χ0v) is 11.9. The number of aliphatic hydroxyl groups is 1. The van der Waals surface area contributed by atoms with Gasteiger partial charge in [-0.25, -0.2) is 9.97 Å². The van der Waals surface area contributed by atoms with Gasteiger partial charge in [-0.2, -0.15) is 0 Å². The minimum absolute atomic E-state index is 0.191. The summed E-state index contributed by atoms with van der Waals surface area (Å²) in [7, 11) is 0. The number of rotatable bonds is 2. The quantitative estimate of drug-likeness (QED) is 0.668. The highest BCUT2D eigenvalue weighted by molar-refractivity contribution is 6.28. The minimum atomic E-state index is 0.191. The molecule has 1 saturated heterocycles. The van der Waals surface area contributed by atoms with E-state index >= 15 is 0 Å².